The number of rotatable bonds is 2. The molecular weight excluding hydrogens is 152 g/mol. The molecule has 2 N–H and O–H groups in total. The summed E-state index contributed by atoms with van der Waals surface area (Å²) in [6.07, 6.45) is 0.968. The molecule has 1 fully saturated rings. The van der Waals surface area contributed by atoms with Gasteiger partial charge >= 0.3 is 0 Å². The van der Waals surface area contributed by atoms with Crippen molar-refractivity contribution in [2.75, 3.05) is 20.1 Å². The van der Waals surface area contributed by atoms with Crippen LogP contribution in [0.2, 0.25) is 0 Å². The third-order valence-electron chi connectivity index (χ3n) is 2.40. The highest BCUT2D eigenvalue weighted by Crippen LogP contribution is 2.19. The molecule has 0 bridgehead atoms. The van der Waals surface area contributed by atoms with Gasteiger partial charge in [0.05, 0.1) is 5.54 Å². The van der Waals surface area contributed by atoms with Gasteiger partial charge in [-0.15, -0.1) is 0 Å². The van der Waals surface area contributed by atoms with Crippen LogP contribution in [-0.4, -0.2) is 36.4 Å². The zero-order valence-corrected chi connectivity index (χ0v) is 8.13. The SMILES string of the molecule is CN1CCC(C(=O)C(C)(C)N)C1. The van der Waals surface area contributed by atoms with E-state index in [2.05, 4.69) is 4.90 Å². The van der Waals surface area contributed by atoms with Crippen LogP contribution in [0.4, 0.5) is 0 Å². The number of ketones is 1. The van der Waals surface area contributed by atoms with Crippen molar-refractivity contribution in [2.24, 2.45) is 11.7 Å². The van der Waals surface area contributed by atoms with Crippen LogP contribution in [0.15, 0.2) is 0 Å². The summed E-state index contributed by atoms with van der Waals surface area (Å²) in [5, 5.41) is 0. The number of carbonyl (C=O) groups is 1. The minimum Gasteiger partial charge on any atom is -0.319 e. The monoisotopic (exact) mass is 170 g/mol. The van der Waals surface area contributed by atoms with E-state index in [0.29, 0.717) is 0 Å². The number of hydrogen-bond acceptors (Lipinski definition) is 3. The lowest BCUT2D eigenvalue weighted by Gasteiger charge is -2.21. The lowest BCUT2D eigenvalue weighted by atomic mass is 9.89. The van der Waals surface area contributed by atoms with Crippen molar-refractivity contribution in [3.05, 3.63) is 0 Å². The van der Waals surface area contributed by atoms with E-state index >= 15 is 0 Å². The zero-order valence-electron chi connectivity index (χ0n) is 8.13. The molecule has 70 valence electrons. The van der Waals surface area contributed by atoms with Crippen LogP contribution >= 0.6 is 0 Å². The Labute approximate surface area is 73.9 Å². The van der Waals surface area contributed by atoms with Crippen LogP contribution in [0, 0.1) is 5.92 Å². The van der Waals surface area contributed by atoms with Gasteiger partial charge in [-0.2, -0.15) is 0 Å². The summed E-state index contributed by atoms with van der Waals surface area (Å²) in [5.41, 5.74) is 5.08. The standard InChI is InChI=1S/C9H18N2O/c1-9(2,10)8(12)7-4-5-11(3)6-7/h7H,4-6,10H2,1-3H3. The van der Waals surface area contributed by atoms with E-state index in [1.54, 1.807) is 13.8 Å². The lowest BCUT2D eigenvalue weighted by molar-refractivity contribution is -0.126. The normalized spacial score (nSPS) is 26.2. The molecule has 0 saturated carbocycles. The van der Waals surface area contributed by atoms with Crippen LogP contribution < -0.4 is 5.73 Å². The molecule has 1 saturated heterocycles. The molecular formula is C9H18N2O. The van der Waals surface area contributed by atoms with Crippen molar-refractivity contribution >= 4 is 5.78 Å². The van der Waals surface area contributed by atoms with Crippen molar-refractivity contribution < 1.29 is 4.79 Å². The van der Waals surface area contributed by atoms with Gasteiger partial charge in [-0.1, -0.05) is 0 Å². The third-order valence-corrected chi connectivity index (χ3v) is 2.40. The summed E-state index contributed by atoms with van der Waals surface area (Å²) in [7, 11) is 2.04. The van der Waals surface area contributed by atoms with E-state index in [-0.39, 0.29) is 11.7 Å². The number of likely N-dealkylation sites (tertiary alicyclic amines) is 1. The first-order valence-electron chi connectivity index (χ1n) is 4.43. The van der Waals surface area contributed by atoms with Gasteiger partial charge < -0.3 is 10.6 Å². The van der Waals surface area contributed by atoms with E-state index in [4.69, 9.17) is 5.73 Å². The zero-order chi connectivity index (χ0) is 9.35. The maximum Gasteiger partial charge on any atom is 0.156 e. The largest absolute Gasteiger partial charge is 0.319 e. The molecule has 1 aliphatic heterocycles. The average Bonchev–Trinajstić information content (AvgIpc) is 2.32. The van der Waals surface area contributed by atoms with Crippen molar-refractivity contribution in [3.63, 3.8) is 0 Å². The predicted molar refractivity (Wildman–Crippen MR) is 48.9 cm³/mol. The molecule has 0 radical (unpaired) electrons. The fraction of sp³-hybridized carbons (Fsp3) is 0.889. The molecule has 1 aliphatic rings. The second kappa shape index (κ2) is 3.15. The molecule has 0 amide bonds. The van der Waals surface area contributed by atoms with Gasteiger partial charge in [-0.05, 0) is 33.9 Å². The number of nitrogens with zero attached hydrogens (tertiary/aromatic N) is 1. The molecule has 1 rings (SSSR count). The van der Waals surface area contributed by atoms with Crippen molar-refractivity contribution in [2.45, 2.75) is 25.8 Å². The Kier molecular flexibility index (Phi) is 2.54. The molecule has 1 heterocycles. The number of nitrogens with two attached hydrogens (primary N) is 1. The topological polar surface area (TPSA) is 46.3 Å². The first-order valence-corrected chi connectivity index (χ1v) is 4.43. The Balaban J connectivity index is 2.55. The van der Waals surface area contributed by atoms with Crippen molar-refractivity contribution in [1.29, 1.82) is 0 Å². The maximum absolute atomic E-state index is 11.7. The van der Waals surface area contributed by atoms with Gasteiger partial charge in [0.2, 0.25) is 0 Å². The van der Waals surface area contributed by atoms with E-state index in [1.165, 1.54) is 0 Å². The second-order valence-corrected chi connectivity index (χ2v) is 4.33. The number of Topliss-reactive ketones (excluding diaryl/α,β-unsaturated/α-hetero) is 1. The average molecular weight is 170 g/mol. The molecule has 0 aromatic heterocycles. The van der Waals surface area contributed by atoms with E-state index in [0.717, 1.165) is 19.5 Å². The third kappa shape index (κ3) is 2.05. The number of carbonyl (C=O) groups excluding carboxylic acids is 1. The highest BCUT2D eigenvalue weighted by atomic mass is 16.1. The van der Waals surface area contributed by atoms with Gasteiger partial charge in [-0.25, -0.2) is 0 Å². The van der Waals surface area contributed by atoms with Crippen LogP contribution in [0.5, 0.6) is 0 Å². The molecule has 1 unspecified atom stereocenters. The molecule has 1 atom stereocenters. The van der Waals surface area contributed by atoms with Crippen molar-refractivity contribution in [3.8, 4) is 0 Å². The first-order chi connectivity index (χ1) is 5.41. The Hall–Kier alpha value is -0.410. The molecule has 0 spiro atoms. The Morgan fingerprint density at radius 1 is 1.58 bits per heavy atom. The second-order valence-electron chi connectivity index (χ2n) is 4.33. The Bertz CT molecular complexity index is 183. The first kappa shape index (κ1) is 9.68. The van der Waals surface area contributed by atoms with E-state index in [9.17, 15) is 4.79 Å². The fourth-order valence-corrected chi connectivity index (χ4v) is 1.68. The molecule has 0 aromatic rings. The summed E-state index contributed by atoms with van der Waals surface area (Å²) < 4.78 is 0. The molecule has 3 nitrogen and oxygen atoms in total. The Morgan fingerprint density at radius 3 is 2.50 bits per heavy atom. The van der Waals surface area contributed by atoms with Gasteiger partial charge in [0.1, 0.15) is 0 Å². The quantitative estimate of drug-likeness (QED) is 0.646. The highest BCUT2D eigenvalue weighted by Gasteiger charge is 2.33. The summed E-state index contributed by atoms with van der Waals surface area (Å²) in [6.45, 7) is 5.47. The maximum atomic E-state index is 11.7. The smallest absolute Gasteiger partial charge is 0.156 e. The van der Waals surface area contributed by atoms with Gasteiger partial charge in [-0.3, -0.25) is 4.79 Å². The van der Waals surface area contributed by atoms with Gasteiger partial charge in [0.25, 0.3) is 0 Å². The van der Waals surface area contributed by atoms with E-state index in [1.807, 2.05) is 7.05 Å². The summed E-state index contributed by atoms with van der Waals surface area (Å²) in [4.78, 5) is 13.8. The molecule has 0 aromatic carbocycles. The highest BCUT2D eigenvalue weighted by molar-refractivity contribution is 5.89. The minimum atomic E-state index is -0.657. The van der Waals surface area contributed by atoms with Crippen LogP contribution in [0.1, 0.15) is 20.3 Å². The molecule has 0 aliphatic carbocycles. The number of hydrogen-bond donors (Lipinski definition) is 1. The Morgan fingerprint density at radius 2 is 2.17 bits per heavy atom. The van der Waals surface area contributed by atoms with Gasteiger partial charge in [0.15, 0.2) is 5.78 Å². The van der Waals surface area contributed by atoms with Crippen molar-refractivity contribution in [1.82, 2.24) is 4.90 Å². The summed E-state index contributed by atoms with van der Waals surface area (Å²) in [6, 6.07) is 0. The summed E-state index contributed by atoms with van der Waals surface area (Å²) >= 11 is 0. The fourth-order valence-electron chi connectivity index (χ4n) is 1.68. The van der Waals surface area contributed by atoms with E-state index < -0.39 is 5.54 Å². The predicted octanol–water partition coefficient (Wildman–Crippen LogP) is 0.244. The lowest BCUT2D eigenvalue weighted by Crippen LogP contribution is -2.45. The summed E-state index contributed by atoms with van der Waals surface area (Å²) in [5.74, 6) is 0.363. The molecule has 12 heavy (non-hydrogen) atoms. The minimum absolute atomic E-state index is 0.162. The molecule has 3 heteroatoms. The van der Waals surface area contributed by atoms with Crippen LogP contribution in [0.3, 0.4) is 0 Å². The van der Waals surface area contributed by atoms with Crippen LogP contribution in [0.25, 0.3) is 0 Å². The van der Waals surface area contributed by atoms with Gasteiger partial charge in [0, 0.05) is 12.5 Å². The van der Waals surface area contributed by atoms with Crippen LogP contribution in [-0.2, 0) is 4.79 Å².